The fraction of sp³-hybridized carbons (Fsp3) is 0.474. The number of thiazole rings is 1. The Labute approximate surface area is 177 Å². The van der Waals surface area contributed by atoms with E-state index in [1.54, 1.807) is 11.3 Å². The van der Waals surface area contributed by atoms with Gasteiger partial charge in [-0.05, 0) is 45.4 Å². The number of guanidine groups is 1. The molecule has 5 nitrogen and oxygen atoms in total. The molecule has 144 valence electrons. The van der Waals surface area contributed by atoms with Crippen molar-refractivity contribution in [2.75, 3.05) is 13.1 Å². The van der Waals surface area contributed by atoms with E-state index in [0.29, 0.717) is 6.54 Å². The first-order valence-electron chi connectivity index (χ1n) is 8.76. The van der Waals surface area contributed by atoms with Crippen LogP contribution < -0.4 is 15.4 Å². The average Bonchev–Trinajstić information content (AvgIpc) is 2.99. The molecule has 0 aliphatic carbocycles. The van der Waals surface area contributed by atoms with Crippen LogP contribution in [-0.4, -0.2) is 30.1 Å². The van der Waals surface area contributed by atoms with Gasteiger partial charge in [-0.3, -0.25) is 0 Å². The molecular formula is C19H29IN4OS. The van der Waals surface area contributed by atoms with Crippen LogP contribution in [0.15, 0.2) is 35.5 Å². The minimum atomic E-state index is 0. The summed E-state index contributed by atoms with van der Waals surface area (Å²) in [5, 5.41) is 7.80. The highest BCUT2D eigenvalue weighted by Crippen LogP contribution is 2.14. The van der Waals surface area contributed by atoms with Crippen LogP contribution in [0.25, 0.3) is 0 Å². The van der Waals surface area contributed by atoms with E-state index in [2.05, 4.69) is 46.6 Å². The third kappa shape index (κ3) is 8.35. The van der Waals surface area contributed by atoms with Crippen molar-refractivity contribution in [3.05, 3.63) is 45.9 Å². The Bertz CT molecular complexity index is 670. The molecule has 0 atom stereocenters. The normalized spacial score (nSPS) is 11.2. The number of aromatic nitrogens is 1. The Morgan fingerprint density at radius 2 is 1.96 bits per heavy atom. The summed E-state index contributed by atoms with van der Waals surface area (Å²) < 4.78 is 5.66. The van der Waals surface area contributed by atoms with Crippen molar-refractivity contribution in [2.24, 2.45) is 4.99 Å². The molecule has 1 aromatic carbocycles. The van der Waals surface area contributed by atoms with E-state index in [1.807, 2.05) is 32.2 Å². The number of nitrogens with one attached hydrogen (secondary N) is 2. The molecule has 1 heterocycles. The van der Waals surface area contributed by atoms with Gasteiger partial charge in [0.2, 0.25) is 0 Å². The van der Waals surface area contributed by atoms with E-state index in [1.165, 1.54) is 4.88 Å². The molecule has 0 aliphatic heterocycles. The van der Waals surface area contributed by atoms with Crippen molar-refractivity contribution in [3.8, 4) is 5.75 Å². The van der Waals surface area contributed by atoms with Crippen LogP contribution >= 0.6 is 35.3 Å². The van der Waals surface area contributed by atoms with Crippen molar-refractivity contribution in [3.63, 3.8) is 0 Å². The van der Waals surface area contributed by atoms with Crippen molar-refractivity contribution in [2.45, 2.75) is 46.8 Å². The second-order valence-corrected chi connectivity index (χ2v) is 7.37. The maximum Gasteiger partial charge on any atom is 0.191 e. The van der Waals surface area contributed by atoms with Gasteiger partial charge < -0.3 is 15.4 Å². The molecule has 0 radical (unpaired) electrons. The second kappa shape index (κ2) is 12.1. The zero-order valence-corrected chi connectivity index (χ0v) is 19.1. The number of aryl methyl sites for hydroxylation is 1. The third-order valence-corrected chi connectivity index (χ3v) is 4.33. The number of ether oxygens (including phenoxy) is 1. The topological polar surface area (TPSA) is 58.5 Å². The number of hydrogen-bond acceptors (Lipinski definition) is 4. The highest BCUT2D eigenvalue weighted by atomic mass is 127. The third-order valence-electron chi connectivity index (χ3n) is 3.36. The monoisotopic (exact) mass is 488 g/mol. The number of halogens is 1. The molecule has 2 rings (SSSR count). The fourth-order valence-corrected chi connectivity index (χ4v) is 3.05. The smallest absolute Gasteiger partial charge is 0.191 e. The van der Waals surface area contributed by atoms with E-state index >= 15 is 0 Å². The molecule has 26 heavy (non-hydrogen) atoms. The molecular weight excluding hydrogens is 459 g/mol. The van der Waals surface area contributed by atoms with E-state index in [-0.39, 0.29) is 30.1 Å². The van der Waals surface area contributed by atoms with Gasteiger partial charge >= 0.3 is 0 Å². The molecule has 2 aromatic rings. The van der Waals surface area contributed by atoms with E-state index in [0.717, 1.165) is 41.8 Å². The average molecular weight is 488 g/mol. The quantitative estimate of drug-likeness (QED) is 0.333. The van der Waals surface area contributed by atoms with Crippen LogP contribution in [0.4, 0.5) is 0 Å². The van der Waals surface area contributed by atoms with Gasteiger partial charge in [-0.1, -0.05) is 12.1 Å². The Kier molecular flexibility index (Phi) is 10.6. The van der Waals surface area contributed by atoms with Crippen LogP contribution in [0.3, 0.4) is 0 Å². The zero-order valence-electron chi connectivity index (χ0n) is 15.9. The molecule has 0 saturated carbocycles. The summed E-state index contributed by atoms with van der Waals surface area (Å²) in [6.07, 6.45) is 3.02. The van der Waals surface area contributed by atoms with Gasteiger partial charge in [-0.25, -0.2) is 9.98 Å². The SMILES string of the molecule is CCNC(=NCc1ccc(OC(C)C)cc1)NCCc1ncc(C)s1.I. The molecule has 0 bridgehead atoms. The van der Waals surface area contributed by atoms with Crippen molar-refractivity contribution >= 4 is 41.3 Å². The zero-order chi connectivity index (χ0) is 18.1. The van der Waals surface area contributed by atoms with Gasteiger partial charge in [0.05, 0.1) is 17.7 Å². The minimum Gasteiger partial charge on any atom is -0.491 e. The number of aliphatic imine (C=N–C) groups is 1. The predicted octanol–water partition coefficient (Wildman–Crippen LogP) is 4.15. The first-order chi connectivity index (χ1) is 12.1. The molecule has 0 unspecified atom stereocenters. The van der Waals surface area contributed by atoms with Crippen molar-refractivity contribution in [1.82, 2.24) is 15.6 Å². The van der Waals surface area contributed by atoms with Gasteiger partial charge in [-0.15, -0.1) is 35.3 Å². The number of benzene rings is 1. The standard InChI is InChI=1S/C19H28N4OS.HI/c1-5-20-19(21-11-10-18-22-12-15(4)25-18)23-13-16-6-8-17(9-7-16)24-14(2)3;/h6-9,12,14H,5,10-11,13H2,1-4H3,(H2,20,21,23);1H. The fourth-order valence-electron chi connectivity index (χ4n) is 2.26. The molecule has 0 fully saturated rings. The molecule has 0 spiro atoms. The van der Waals surface area contributed by atoms with Gasteiger partial charge in [-0.2, -0.15) is 0 Å². The summed E-state index contributed by atoms with van der Waals surface area (Å²) in [5.41, 5.74) is 1.16. The highest BCUT2D eigenvalue weighted by Gasteiger charge is 2.02. The number of hydrogen-bond donors (Lipinski definition) is 2. The molecule has 0 saturated heterocycles. The van der Waals surface area contributed by atoms with E-state index < -0.39 is 0 Å². The van der Waals surface area contributed by atoms with Crippen LogP contribution in [0, 0.1) is 6.92 Å². The summed E-state index contributed by atoms with van der Waals surface area (Å²) in [6.45, 7) is 10.5. The molecule has 0 amide bonds. The van der Waals surface area contributed by atoms with Crippen molar-refractivity contribution < 1.29 is 4.74 Å². The Morgan fingerprint density at radius 1 is 1.23 bits per heavy atom. The summed E-state index contributed by atoms with van der Waals surface area (Å²) in [6, 6.07) is 8.11. The van der Waals surface area contributed by atoms with E-state index in [9.17, 15) is 0 Å². The van der Waals surface area contributed by atoms with Crippen LogP contribution in [0.1, 0.15) is 36.2 Å². The molecule has 2 N–H and O–H groups in total. The molecule has 0 aliphatic rings. The maximum atomic E-state index is 5.66. The lowest BCUT2D eigenvalue weighted by atomic mass is 10.2. The lowest BCUT2D eigenvalue weighted by Gasteiger charge is -2.11. The van der Waals surface area contributed by atoms with Crippen LogP contribution in [-0.2, 0) is 13.0 Å². The van der Waals surface area contributed by atoms with Gasteiger partial charge in [0.1, 0.15) is 5.75 Å². The minimum absolute atomic E-state index is 0. The lowest BCUT2D eigenvalue weighted by Crippen LogP contribution is -2.38. The summed E-state index contributed by atoms with van der Waals surface area (Å²) in [7, 11) is 0. The summed E-state index contributed by atoms with van der Waals surface area (Å²) in [4.78, 5) is 10.3. The predicted molar refractivity (Wildman–Crippen MR) is 121 cm³/mol. The number of rotatable bonds is 8. The molecule has 1 aromatic heterocycles. The van der Waals surface area contributed by atoms with Crippen LogP contribution in [0.5, 0.6) is 5.75 Å². The second-order valence-electron chi connectivity index (χ2n) is 6.05. The summed E-state index contributed by atoms with van der Waals surface area (Å²) in [5.74, 6) is 1.73. The van der Waals surface area contributed by atoms with Crippen molar-refractivity contribution in [1.29, 1.82) is 0 Å². The maximum absolute atomic E-state index is 5.66. The molecule has 7 heteroatoms. The highest BCUT2D eigenvalue weighted by molar-refractivity contribution is 14.0. The first-order valence-corrected chi connectivity index (χ1v) is 9.57. The van der Waals surface area contributed by atoms with Gasteiger partial charge in [0.15, 0.2) is 5.96 Å². The first kappa shape index (κ1) is 22.7. The lowest BCUT2D eigenvalue weighted by molar-refractivity contribution is 0.242. The van der Waals surface area contributed by atoms with Gasteiger partial charge in [0.25, 0.3) is 0 Å². The summed E-state index contributed by atoms with van der Waals surface area (Å²) >= 11 is 1.75. The Morgan fingerprint density at radius 3 is 2.54 bits per heavy atom. The van der Waals surface area contributed by atoms with E-state index in [4.69, 9.17) is 4.74 Å². The largest absolute Gasteiger partial charge is 0.491 e. The van der Waals surface area contributed by atoms with Gasteiger partial charge in [0, 0.05) is 30.6 Å². The Balaban J connectivity index is 0.00000338. The Hall–Kier alpha value is -1.35. The van der Waals surface area contributed by atoms with Crippen LogP contribution in [0.2, 0.25) is 0 Å². The number of nitrogens with zero attached hydrogens (tertiary/aromatic N) is 2.